The summed E-state index contributed by atoms with van der Waals surface area (Å²) in [6.45, 7) is 4.26. The minimum atomic E-state index is 0.0672. The van der Waals surface area contributed by atoms with Crippen LogP contribution in [0.25, 0.3) is 0 Å². The van der Waals surface area contributed by atoms with E-state index < -0.39 is 0 Å². The smallest absolute Gasteiger partial charge is 0.225 e. The van der Waals surface area contributed by atoms with Gasteiger partial charge in [-0.15, -0.1) is 11.8 Å². The normalized spacial score (nSPS) is 18.5. The van der Waals surface area contributed by atoms with Crippen LogP contribution in [-0.2, 0) is 9.59 Å². The molecular formula is C19H26N2O2S. The molecule has 1 N–H and O–H groups in total. The predicted octanol–water partition coefficient (Wildman–Crippen LogP) is 2.85. The molecule has 1 aliphatic carbocycles. The molecule has 2 amide bonds. The van der Waals surface area contributed by atoms with Crippen LogP contribution in [0.1, 0.15) is 31.2 Å². The summed E-state index contributed by atoms with van der Waals surface area (Å²) in [6, 6.07) is 8.46. The number of carbonyl (C=O) groups excluding carboxylic acids is 2. The van der Waals surface area contributed by atoms with Crippen molar-refractivity contribution in [2.24, 2.45) is 11.8 Å². The Morgan fingerprint density at radius 3 is 2.38 bits per heavy atom. The van der Waals surface area contributed by atoms with Crippen molar-refractivity contribution in [2.75, 3.05) is 25.4 Å². The molecule has 1 heterocycles. The Bertz CT molecular complexity index is 576. The minimum Gasteiger partial charge on any atom is -0.355 e. The van der Waals surface area contributed by atoms with Crippen molar-refractivity contribution in [1.82, 2.24) is 10.2 Å². The fraction of sp³-hybridized carbons (Fsp3) is 0.579. The lowest BCUT2D eigenvalue weighted by Gasteiger charge is -2.31. The molecule has 0 aromatic heterocycles. The fourth-order valence-electron chi connectivity index (χ4n) is 3.07. The van der Waals surface area contributed by atoms with Crippen molar-refractivity contribution in [2.45, 2.75) is 37.5 Å². The van der Waals surface area contributed by atoms with Crippen molar-refractivity contribution < 1.29 is 9.59 Å². The first-order chi connectivity index (χ1) is 11.6. The van der Waals surface area contributed by atoms with Gasteiger partial charge in [0, 0.05) is 42.1 Å². The van der Waals surface area contributed by atoms with E-state index in [1.807, 2.05) is 4.90 Å². The van der Waals surface area contributed by atoms with Crippen molar-refractivity contribution in [3.05, 3.63) is 29.8 Å². The van der Waals surface area contributed by atoms with Gasteiger partial charge >= 0.3 is 0 Å². The van der Waals surface area contributed by atoms with Crippen LogP contribution in [-0.4, -0.2) is 42.1 Å². The van der Waals surface area contributed by atoms with E-state index in [9.17, 15) is 9.59 Å². The molecule has 1 aliphatic heterocycles. The first-order valence-electron chi connectivity index (χ1n) is 8.89. The second kappa shape index (κ2) is 8.06. The van der Waals surface area contributed by atoms with Gasteiger partial charge in [0.25, 0.3) is 0 Å². The molecule has 0 radical (unpaired) electrons. The van der Waals surface area contributed by atoms with Crippen molar-refractivity contribution in [3.63, 3.8) is 0 Å². The SMILES string of the molecule is Cc1ccc(SCCNC(=O)C2CCN(C(=O)C3CC3)CC2)cc1. The van der Waals surface area contributed by atoms with Crippen LogP contribution in [0.4, 0.5) is 0 Å². The van der Waals surface area contributed by atoms with Crippen LogP contribution in [0.2, 0.25) is 0 Å². The number of nitrogens with one attached hydrogen (secondary N) is 1. The number of piperidine rings is 1. The van der Waals surface area contributed by atoms with Crippen LogP contribution in [0.3, 0.4) is 0 Å². The lowest BCUT2D eigenvalue weighted by atomic mass is 9.95. The highest BCUT2D eigenvalue weighted by Gasteiger charge is 2.35. The number of amides is 2. The van der Waals surface area contributed by atoms with Gasteiger partial charge in [-0.25, -0.2) is 0 Å². The number of hydrogen-bond donors (Lipinski definition) is 1. The lowest BCUT2D eigenvalue weighted by molar-refractivity contribution is -0.136. The Hall–Kier alpha value is -1.49. The van der Waals surface area contributed by atoms with Crippen LogP contribution >= 0.6 is 11.8 Å². The molecule has 0 atom stereocenters. The Morgan fingerprint density at radius 2 is 1.75 bits per heavy atom. The van der Waals surface area contributed by atoms with Gasteiger partial charge in [0.15, 0.2) is 0 Å². The zero-order chi connectivity index (χ0) is 16.9. The average molecular weight is 346 g/mol. The summed E-state index contributed by atoms with van der Waals surface area (Å²) in [5, 5.41) is 3.05. The van der Waals surface area contributed by atoms with Gasteiger partial charge in [0.2, 0.25) is 11.8 Å². The third-order valence-corrected chi connectivity index (χ3v) is 5.81. The van der Waals surface area contributed by atoms with E-state index in [0.717, 1.165) is 44.5 Å². The topological polar surface area (TPSA) is 49.4 Å². The first-order valence-corrected chi connectivity index (χ1v) is 9.88. The molecule has 0 unspecified atom stereocenters. The molecule has 2 aliphatic rings. The molecule has 1 saturated heterocycles. The van der Waals surface area contributed by atoms with E-state index in [1.165, 1.54) is 10.5 Å². The summed E-state index contributed by atoms with van der Waals surface area (Å²) < 4.78 is 0. The van der Waals surface area contributed by atoms with Crippen LogP contribution in [0.15, 0.2) is 29.2 Å². The van der Waals surface area contributed by atoms with E-state index in [-0.39, 0.29) is 17.7 Å². The number of benzene rings is 1. The average Bonchev–Trinajstić information content (AvgIpc) is 3.45. The number of rotatable bonds is 6. The van der Waals surface area contributed by atoms with E-state index in [2.05, 4.69) is 36.5 Å². The number of hydrogen-bond acceptors (Lipinski definition) is 3. The Kier molecular flexibility index (Phi) is 5.82. The maximum atomic E-state index is 12.3. The standard InChI is InChI=1S/C19H26N2O2S/c1-14-2-6-17(7-3-14)24-13-10-20-18(22)15-8-11-21(12-9-15)19(23)16-4-5-16/h2-3,6-7,15-16H,4-5,8-13H2,1H3,(H,20,22). The molecule has 24 heavy (non-hydrogen) atoms. The van der Waals surface area contributed by atoms with E-state index in [0.29, 0.717) is 12.5 Å². The van der Waals surface area contributed by atoms with Gasteiger partial charge in [-0.05, 0) is 44.7 Å². The van der Waals surface area contributed by atoms with E-state index in [4.69, 9.17) is 0 Å². The highest BCUT2D eigenvalue weighted by Crippen LogP contribution is 2.32. The highest BCUT2D eigenvalue weighted by molar-refractivity contribution is 7.99. The van der Waals surface area contributed by atoms with Gasteiger partial charge in [-0.3, -0.25) is 9.59 Å². The van der Waals surface area contributed by atoms with Gasteiger partial charge in [0.1, 0.15) is 0 Å². The first kappa shape index (κ1) is 17.3. The zero-order valence-electron chi connectivity index (χ0n) is 14.3. The maximum absolute atomic E-state index is 12.3. The van der Waals surface area contributed by atoms with E-state index in [1.54, 1.807) is 11.8 Å². The molecule has 1 aromatic carbocycles. The second-order valence-corrected chi connectivity index (χ2v) is 7.99. The van der Waals surface area contributed by atoms with E-state index >= 15 is 0 Å². The summed E-state index contributed by atoms with van der Waals surface area (Å²) in [5.74, 6) is 1.70. The summed E-state index contributed by atoms with van der Waals surface area (Å²) in [5.41, 5.74) is 1.26. The molecule has 5 heteroatoms. The molecule has 0 bridgehead atoms. The number of aryl methyl sites for hydroxylation is 1. The van der Waals surface area contributed by atoms with Gasteiger partial charge in [-0.1, -0.05) is 17.7 Å². The molecule has 2 fully saturated rings. The zero-order valence-corrected chi connectivity index (χ0v) is 15.1. The molecule has 130 valence electrons. The van der Waals surface area contributed by atoms with Crippen LogP contribution in [0.5, 0.6) is 0 Å². The number of thioether (sulfide) groups is 1. The lowest BCUT2D eigenvalue weighted by Crippen LogP contribution is -2.43. The number of carbonyl (C=O) groups is 2. The number of nitrogens with zero attached hydrogens (tertiary/aromatic N) is 1. The second-order valence-electron chi connectivity index (χ2n) is 6.83. The van der Waals surface area contributed by atoms with Gasteiger partial charge in [-0.2, -0.15) is 0 Å². The van der Waals surface area contributed by atoms with Crippen molar-refractivity contribution in [1.29, 1.82) is 0 Å². The monoisotopic (exact) mass is 346 g/mol. The molecule has 1 saturated carbocycles. The maximum Gasteiger partial charge on any atom is 0.225 e. The Labute approximate surface area is 148 Å². The van der Waals surface area contributed by atoms with Gasteiger partial charge in [0.05, 0.1) is 0 Å². The van der Waals surface area contributed by atoms with Crippen molar-refractivity contribution in [3.8, 4) is 0 Å². The summed E-state index contributed by atoms with van der Waals surface area (Å²) in [4.78, 5) is 27.5. The molecule has 3 rings (SSSR count). The quantitative estimate of drug-likeness (QED) is 0.636. The Balaban J connectivity index is 1.32. The van der Waals surface area contributed by atoms with Gasteiger partial charge < -0.3 is 10.2 Å². The third kappa shape index (κ3) is 4.76. The van der Waals surface area contributed by atoms with Crippen molar-refractivity contribution >= 4 is 23.6 Å². The fourth-order valence-corrected chi connectivity index (χ4v) is 3.84. The minimum absolute atomic E-state index is 0.0672. The third-order valence-electron chi connectivity index (χ3n) is 4.80. The predicted molar refractivity (Wildman–Crippen MR) is 96.9 cm³/mol. The highest BCUT2D eigenvalue weighted by atomic mass is 32.2. The van der Waals surface area contributed by atoms with Crippen LogP contribution in [0, 0.1) is 18.8 Å². The Morgan fingerprint density at radius 1 is 1.08 bits per heavy atom. The molecule has 0 spiro atoms. The summed E-state index contributed by atoms with van der Waals surface area (Å²) in [7, 11) is 0. The molecule has 1 aromatic rings. The number of likely N-dealkylation sites (tertiary alicyclic amines) is 1. The summed E-state index contributed by atoms with van der Waals surface area (Å²) in [6.07, 6.45) is 3.71. The molecule has 4 nitrogen and oxygen atoms in total. The largest absolute Gasteiger partial charge is 0.355 e. The summed E-state index contributed by atoms with van der Waals surface area (Å²) >= 11 is 1.76. The van der Waals surface area contributed by atoms with Crippen LogP contribution < -0.4 is 5.32 Å². The molecular weight excluding hydrogens is 320 g/mol.